The number of hydrogen-bond acceptors (Lipinski definition) is 2. The molecule has 0 radical (unpaired) electrons. The van der Waals surface area contributed by atoms with E-state index in [1.807, 2.05) is 0 Å². The lowest BCUT2D eigenvalue weighted by Gasteiger charge is -2.51. The summed E-state index contributed by atoms with van der Waals surface area (Å²) < 4.78 is 5.19. The van der Waals surface area contributed by atoms with Gasteiger partial charge in [-0.2, -0.15) is 0 Å². The minimum atomic E-state index is 0.784. The minimum Gasteiger partial charge on any atom is -0.381 e. The van der Waals surface area contributed by atoms with Gasteiger partial charge in [0.1, 0.15) is 0 Å². The van der Waals surface area contributed by atoms with Crippen LogP contribution in [0, 0.1) is 11.3 Å². The molecular weight excluding hydrogens is 186 g/mol. The molecule has 0 aromatic rings. The van der Waals surface area contributed by atoms with Crippen LogP contribution in [0.15, 0.2) is 0 Å². The van der Waals surface area contributed by atoms with E-state index in [-0.39, 0.29) is 0 Å². The summed E-state index contributed by atoms with van der Waals surface area (Å²) in [5.74, 6) is 0.813. The van der Waals surface area contributed by atoms with Crippen LogP contribution in [-0.2, 0) is 4.74 Å². The molecule has 0 atom stereocenters. The maximum Gasteiger partial charge on any atom is 0.0528 e. The fourth-order valence-electron chi connectivity index (χ4n) is 3.58. The molecule has 1 aliphatic heterocycles. The standard InChI is InChI=1S/C13H23NO/c1-2-4-13(5-3-1)6-12(7-13)14-8-11-9-15-10-11/h11-12,14H,1-10H2. The number of nitrogens with one attached hydrogen (secondary N) is 1. The summed E-state index contributed by atoms with van der Waals surface area (Å²) >= 11 is 0. The third-order valence-electron chi connectivity index (χ3n) is 4.68. The first-order chi connectivity index (χ1) is 7.36. The van der Waals surface area contributed by atoms with Crippen molar-refractivity contribution in [1.29, 1.82) is 0 Å². The molecule has 3 rings (SSSR count). The predicted octanol–water partition coefficient (Wildman–Crippen LogP) is 2.34. The summed E-state index contributed by atoms with van der Waals surface area (Å²) in [6.07, 6.45) is 10.4. The third kappa shape index (κ3) is 2.07. The Labute approximate surface area is 92.8 Å². The van der Waals surface area contributed by atoms with Gasteiger partial charge in [-0.05, 0) is 31.1 Å². The highest BCUT2D eigenvalue weighted by atomic mass is 16.5. The van der Waals surface area contributed by atoms with Gasteiger partial charge in [0, 0.05) is 18.5 Å². The normalized spacial score (nSPS) is 31.2. The van der Waals surface area contributed by atoms with E-state index in [9.17, 15) is 0 Å². The van der Waals surface area contributed by atoms with Crippen LogP contribution in [0.5, 0.6) is 0 Å². The molecule has 2 saturated carbocycles. The van der Waals surface area contributed by atoms with Gasteiger partial charge in [0.2, 0.25) is 0 Å². The Kier molecular flexibility index (Phi) is 2.73. The van der Waals surface area contributed by atoms with Gasteiger partial charge in [-0.15, -0.1) is 0 Å². The van der Waals surface area contributed by atoms with Gasteiger partial charge in [0.25, 0.3) is 0 Å². The highest BCUT2D eigenvalue weighted by molar-refractivity contribution is 4.99. The number of rotatable bonds is 3. The Morgan fingerprint density at radius 1 is 1.07 bits per heavy atom. The van der Waals surface area contributed by atoms with Gasteiger partial charge in [-0.25, -0.2) is 0 Å². The van der Waals surface area contributed by atoms with Crippen molar-refractivity contribution in [3.05, 3.63) is 0 Å². The molecule has 0 amide bonds. The first kappa shape index (κ1) is 10.1. The monoisotopic (exact) mass is 209 g/mol. The highest BCUT2D eigenvalue weighted by Gasteiger charge is 2.44. The molecule has 1 heterocycles. The van der Waals surface area contributed by atoms with Crippen LogP contribution in [-0.4, -0.2) is 25.8 Å². The van der Waals surface area contributed by atoms with Gasteiger partial charge in [0.15, 0.2) is 0 Å². The van der Waals surface area contributed by atoms with E-state index in [2.05, 4.69) is 5.32 Å². The maximum atomic E-state index is 5.19. The van der Waals surface area contributed by atoms with Crippen molar-refractivity contribution in [3.8, 4) is 0 Å². The fraction of sp³-hybridized carbons (Fsp3) is 1.00. The van der Waals surface area contributed by atoms with Crippen molar-refractivity contribution in [2.24, 2.45) is 11.3 Å². The Morgan fingerprint density at radius 3 is 2.40 bits per heavy atom. The molecule has 15 heavy (non-hydrogen) atoms. The molecule has 2 heteroatoms. The van der Waals surface area contributed by atoms with Crippen molar-refractivity contribution in [2.45, 2.75) is 51.0 Å². The van der Waals surface area contributed by atoms with Crippen molar-refractivity contribution in [1.82, 2.24) is 5.32 Å². The van der Waals surface area contributed by atoms with Gasteiger partial charge in [-0.1, -0.05) is 19.3 Å². The maximum absolute atomic E-state index is 5.19. The second-order valence-electron chi connectivity index (χ2n) is 5.98. The fourth-order valence-corrected chi connectivity index (χ4v) is 3.58. The molecule has 2 aliphatic carbocycles. The highest BCUT2D eigenvalue weighted by Crippen LogP contribution is 2.51. The van der Waals surface area contributed by atoms with Crippen molar-refractivity contribution in [3.63, 3.8) is 0 Å². The van der Waals surface area contributed by atoms with Crippen LogP contribution in [0.25, 0.3) is 0 Å². The molecule has 1 N–H and O–H groups in total. The van der Waals surface area contributed by atoms with Crippen molar-refractivity contribution >= 4 is 0 Å². The second-order valence-corrected chi connectivity index (χ2v) is 5.98. The third-order valence-corrected chi connectivity index (χ3v) is 4.68. The van der Waals surface area contributed by atoms with Gasteiger partial charge in [0.05, 0.1) is 13.2 Å². The zero-order valence-electron chi connectivity index (χ0n) is 9.63. The van der Waals surface area contributed by atoms with Crippen LogP contribution in [0.2, 0.25) is 0 Å². The summed E-state index contributed by atoms with van der Waals surface area (Å²) in [7, 11) is 0. The topological polar surface area (TPSA) is 21.3 Å². The van der Waals surface area contributed by atoms with Crippen LogP contribution >= 0.6 is 0 Å². The van der Waals surface area contributed by atoms with Gasteiger partial charge >= 0.3 is 0 Å². The smallest absolute Gasteiger partial charge is 0.0528 e. The summed E-state index contributed by atoms with van der Waals surface area (Å²) in [5, 5.41) is 3.71. The zero-order valence-corrected chi connectivity index (χ0v) is 9.63. The molecule has 3 fully saturated rings. The lowest BCUT2D eigenvalue weighted by Crippen LogP contribution is -2.52. The molecule has 0 aromatic carbocycles. The lowest BCUT2D eigenvalue weighted by molar-refractivity contribution is -0.0382. The second kappa shape index (κ2) is 4.06. The van der Waals surface area contributed by atoms with Crippen molar-refractivity contribution in [2.75, 3.05) is 19.8 Å². The van der Waals surface area contributed by atoms with Crippen LogP contribution in [0.4, 0.5) is 0 Å². The number of ether oxygens (including phenoxy) is 1. The Balaban J connectivity index is 1.37. The van der Waals surface area contributed by atoms with E-state index in [4.69, 9.17) is 4.74 Å². The van der Waals surface area contributed by atoms with E-state index in [0.29, 0.717) is 0 Å². The van der Waals surface area contributed by atoms with Crippen LogP contribution in [0.3, 0.4) is 0 Å². The van der Waals surface area contributed by atoms with E-state index in [1.54, 1.807) is 0 Å². The van der Waals surface area contributed by atoms with E-state index < -0.39 is 0 Å². The molecule has 0 aromatic heterocycles. The van der Waals surface area contributed by atoms with E-state index in [1.165, 1.54) is 51.5 Å². The summed E-state index contributed by atoms with van der Waals surface area (Å²) in [6.45, 7) is 3.18. The molecule has 0 bridgehead atoms. The van der Waals surface area contributed by atoms with E-state index in [0.717, 1.165) is 30.6 Å². The summed E-state index contributed by atoms with van der Waals surface area (Å²) in [6, 6.07) is 0.837. The SMILES string of the molecule is C1CCC2(CC1)CC(NCC1COC1)C2. The average Bonchev–Trinajstić information content (AvgIpc) is 2.14. The molecule has 3 aliphatic rings. The van der Waals surface area contributed by atoms with Gasteiger partial charge in [-0.3, -0.25) is 0 Å². The van der Waals surface area contributed by atoms with Crippen LogP contribution < -0.4 is 5.32 Å². The summed E-state index contributed by atoms with van der Waals surface area (Å²) in [5.41, 5.74) is 0.784. The Hall–Kier alpha value is -0.0800. The first-order valence-electron chi connectivity index (χ1n) is 6.68. The lowest BCUT2D eigenvalue weighted by atomic mass is 9.58. The van der Waals surface area contributed by atoms with Crippen LogP contribution in [0.1, 0.15) is 44.9 Å². The largest absolute Gasteiger partial charge is 0.381 e. The van der Waals surface area contributed by atoms with Crippen molar-refractivity contribution < 1.29 is 4.74 Å². The Morgan fingerprint density at radius 2 is 1.80 bits per heavy atom. The predicted molar refractivity (Wildman–Crippen MR) is 60.9 cm³/mol. The summed E-state index contributed by atoms with van der Waals surface area (Å²) in [4.78, 5) is 0. The molecule has 1 saturated heterocycles. The molecule has 1 spiro atoms. The quantitative estimate of drug-likeness (QED) is 0.770. The first-order valence-corrected chi connectivity index (χ1v) is 6.68. The zero-order chi connectivity index (χ0) is 10.1. The average molecular weight is 209 g/mol. The number of hydrogen-bond donors (Lipinski definition) is 1. The van der Waals surface area contributed by atoms with Gasteiger partial charge < -0.3 is 10.1 Å². The molecule has 0 unspecified atom stereocenters. The van der Waals surface area contributed by atoms with E-state index >= 15 is 0 Å². The Bertz CT molecular complexity index is 211. The molecule has 86 valence electrons. The molecular formula is C13H23NO. The minimum absolute atomic E-state index is 0.784. The molecule has 2 nitrogen and oxygen atoms in total.